The van der Waals surface area contributed by atoms with E-state index >= 15 is 0 Å². The molecule has 3 rings (SSSR count). The zero-order valence-corrected chi connectivity index (χ0v) is 15.0. The maximum atomic E-state index is 13.1. The van der Waals surface area contributed by atoms with Crippen LogP contribution in [-0.2, 0) is 10.0 Å². The molecule has 2 aliphatic heterocycles. The highest BCUT2D eigenvalue weighted by Gasteiger charge is 2.46. The van der Waals surface area contributed by atoms with Gasteiger partial charge in [-0.25, -0.2) is 13.2 Å². The second kappa shape index (κ2) is 6.54. The Morgan fingerprint density at radius 3 is 2.25 bits per heavy atom. The third-order valence-corrected chi connectivity index (χ3v) is 7.39. The van der Waals surface area contributed by atoms with Gasteiger partial charge in [0.2, 0.25) is 10.0 Å². The topological polar surface area (TPSA) is 77.9 Å². The summed E-state index contributed by atoms with van der Waals surface area (Å²) in [5, 5.41) is 9.71. The van der Waals surface area contributed by atoms with Crippen molar-refractivity contribution in [3.8, 4) is 0 Å². The summed E-state index contributed by atoms with van der Waals surface area (Å²) in [7, 11) is -2.04. The van der Waals surface area contributed by atoms with Crippen LogP contribution in [0.2, 0.25) is 5.02 Å². The molecule has 1 aromatic rings. The summed E-state index contributed by atoms with van der Waals surface area (Å²) >= 11 is 5.86. The lowest BCUT2D eigenvalue weighted by Crippen LogP contribution is -2.58. The summed E-state index contributed by atoms with van der Waals surface area (Å²) in [6.07, 6.45) is 2.65. The average molecular weight is 373 g/mol. The number of fused-ring (bicyclic) bond motifs is 2. The van der Waals surface area contributed by atoms with Crippen LogP contribution in [0, 0.1) is 0 Å². The lowest BCUT2D eigenvalue weighted by Gasteiger charge is -2.49. The first-order valence-electron chi connectivity index (χ1n) is 8.05. The number of hydrogen-bond acceptors (Lipinski definition) is 3. The molecule has 2 atom stereocenters. The standard InChI is InChI=1S/C16H21ClN2O4S/c1-18(16(20)21)14-9-12-3-2-4-13(10-14)19(12)24(22,23)15-7-5-11(17)6-8-15/h5-8,12-14H,2-4,9-10H2,1H3,(H,20,21). The third kappa shape index (κ3) is 3.12. The number of piperidine rings is 2. The molecule has 0 spiro atoms. The SMILES string of the molecule is CN(C(=O)O)C1CC2CCCC(C1)N2S(=O)(=O)c1ccc(Cl)cc1. The van der Waals surface area contributed by atoms with E-state index in [0.29, 0.717) is 17.9 Å². The highest BCUT2D eigenvalue weighted by molar-refractivity contribution is 7.89. The van der Waals surface area contributed by atoms with Gasteiger partial charge in [-0.15, -0.1) is 0 Å². The molecule has 8 heteroatoms. The fraction of sp³-hybridized carbons (Fsp3) is 0.562. The number of benzene rings is 1. The molecule has 1 N–H and O–H groups in total. The van der Waals surface area contributed by atoms with Gasteiger partial charge < -0.3 is 10.0 Å². The highest BCUT2D eigenvalue weighted by atomic mass is 35.5. The molecule has 1 aromatic carbocycles. The second-order valence-electron chi connectivity index (χ2n) is 6.55. The molecule has 2 fully saturated rings. The molecule has 2 aliphatic rings. The normalized spacial score (nSPS) is 27.7. The summed E-state index contributed by atoms with van der Waals surface area (Å²) in [5.41, 5.74) is 0. The van der Waals surface area contributed by atoms with E-state index in [0.717, 1.165) is 19.3 Å². The third-order valence-electron chi connectivity index (χ3n) is 5.12. The molecule has 1 amide bonds. The van der Waals surface area contributed by atoms with Crippen molar-refractivity contribution >= 4 is 27.7 Å². The van der Waals surface area contributed by atoms with Crippen LogP contribution in [0.25, 0.3) is 0 Å². The smallest absolute Gasteiger partial charge is 0.407 e. The van der Waals surface area contributed by atoms with Crippen LogP contribution in [0.3, 0.4) is 0 Å². The molecular formula is C16H21ClN2O4S. The predicted molar refractivity (Wildman–Crippen MR) is 90.7 cm³/mol. The Bertz CT molecular complexity index is 708. The minimum absolute atomic E-state index is 0.130. The Morgan fingerprint density at radius 2 is 1.75 bits per heavy atom. The fourth-order valence-electron chi connectivity index (χ4n) is 3.90. The van der Waals surface area contributed by atoms with Crippen molar-refractivity contribution in [1.82, 2.24) is 9.21 Å². The van der Waals surface area contributed by atoms with Crippen molar-refractivity contribution in [3.63, 3.8) is 0 Å². The van der Waals surface area contributed by atoms with E-state index in [1.165, 1.54) is 17.0 Å². The minimum Gasteiger partial charge on any atom is -0.465 e. The van der Waals surface area contributed by atoms with Crippen molar-refractivity contribution in [2.75, 3.05) is 7.05 Å². The molecule has 132 valence electrons. The van der Waals surface area contributed by atoms with Gasteiger partial charge in [-0.1, -0.05) is 18.0 Å². The zero-order valence-electron chi connectivity index (χ0n) is 13.4. The van der Waals surface area contributed by atoms with E-state index in [1.54, 1.807) is 23.5 Å². The van der Waals surface area contributed by atoms with Gasteiger partial charge >= 0.3 is 6.09 Å². The average Bonchev–Trinajstić information content (AvgIpc) is 2.53. The quantitative estimate of drug-likeness (QED) is 0.884. The Balaban J connectivity index is 1.89. The number of hydrogen-bond donors (Lipinski definition) is 1. The Morgan fingerprint density at radius 1 is 1.21 bits per heavy atom. The van der Waals surface area contributed by atoms with Crippen LogP contribution in [0.15, 0.2) is 29.2 Å². The van der Waals surface area contributed by atoms with Crippen molar-refractivity contribution in [2.45, 2.75) is 55.1 Å². The molecule has 24 heavy (non-hydrogen) atoms. The predicted octanol–water partition coefficient (Wildman–Crippen LogP) is 3.02. The Labute approximate surface area is 147 Å². The summed E-state index contributed by atoms with van der Waals surface area (Å²) in [5.74, 6) is 0. The molecular weight excluding hydrogens is 352 g/mol. The number of nitrogens with zero attached hydrogens (tertiary/aromatic N) is 2. The highest BCUT2D eigenvalue weighted by Crippen LogP contribution is 2.39. The lowest BCUT2D eigenvalue weighted by molar-refractivity contribution is 0.0551. The maximum absolute atomic E-state index is 13.1. The molecule has 0 aromatic heterocycles. The first-order chi connectivity index (χ1) is 11.3. The molecule has 0 saturated carbocycles. The fourth-order valence-corrected chi connectivity index (χ4v) is 5.92. The van der Waals surface area contributed by atoms with E-state index in [1.807, 2.05) is 0 Å². The summed E-state index contributed by atoms with van der Waals surface area (Å²) in [6, 6.07) is 5.79. The van der Waals surface area contributed by atoms with E-state index < -0.39 is 16.1 Å². The summed E-state index contributed by atoms with van der Waals surface area (Å²) in [4.78, 5) is 12.8. The van der Waals surface area contributed by atoms with Gasteiger partial charge in [0.1, 0.15) is 0 Å². The van der Waals surface area contributed by atoms with E-state index in [2.05, 4.69) is 0 Å². The minimum atomic E-state index is -3.60. The van der Waals surface area contributed by atoms with E-state index in [4.69, 9.17) is 11.6 Å². The molecule has 2 saturated heterocycles. The Hall–Kier alpha value is -1.31. The number of carboxylic acid groups (broad SMARTS) is 1. The van der Waals surface area contributed by atoms with Crippen LogP contribution in [-0.4, -0.2) is 54.0 Å². The van der Waals surface area contributed by atoms with Crippen molar-refractivity contribution in [2.24, 2.45) is 0 Å². The monoisotopic (exact) mass is 372 g/mol. The number of rotatable bonds is 3. The first-order valence-corrected chi connectivity index (χ1v) is 9.87. The van der Waals surface area contributed by atoms with Crippen LogP contribution >= 0.6 is 11.6 Å². The van der Waals surface area contributed by atoms with E-state index in [-0.39, 0.29) is 23.0 Å². The number of halogens is 1. The largest absolute Gasteiger partial charge is 0.465 e. The van der Waals surface area contributed by atoms with Crippen molar-refractivity contribution in [1.29, 1.82) is 0 Å². The molecule has 6 nitrogen and oxygen atoms in total. The van der Waals surface area contributed by atoms with Crippen molar-refractivity contribution in [3.05, 3.63) is 29.3 Å². The van der Waals surface area contributed by atoms with E-state index in [9.17, 15) is 18.3 Å². The lowest BCUT2D eigenvalue weighted by atomic mass is 9.83. The van der Waals surface area contributed by atoms with Gasteiger partial charge in [-0.05, 0) is 49.9 Å². The Kier molecular flexibility index (Phi) is 4.77. The molecule has 2 bridgehead atoms. The molecule has 2 heterocycles. The number of sulfonamides is 1. The van der Waals surface area contributed by atoms with Crippen LogP contribution in [0.5, 0.6) is 0 Å². The summed E-state index contributed by atoms with van der Waals surface area (Å²) in [6.45, 7) is 0. The van der Waals surface area contributed by atoms with Crippen LogP contribution in [0.1, 0.15) is 32.1 Å². The van der Waals surface area contributed by atoms with Gasteiger partial charge in [-0.2, -0.15) is 4.31 Å². The van der Waals surface area contributed by atoms with Gasteiger partial charge in [0.05, 0.1) is 4.90 Å². The first kappa shape index (κ1) is 17.5. The number of amides is 1. The maximum Gasteiger partial charge on any atom is 0.407 e. The van der Waals surface area contributed by atoms with Crippen LogP contribution < -0.4 is 0 Å². The van der Waals surface area contributed by atoms with Gasteiger partial charge in [0.25, 0.3) is 0 Å². The van der Waals surface area contributed by atoms with Gasteiger partial charge in [0, 0.05) is 30.2 Å². The number of carbonyl (C=O) groups is 1. The van der Waals surface area contributed by atoms with Crippen molar-refractivity contribution < 1.29 is 18.3 Å². The molecule has 2 unspecified atom stereocenters. The molecule has 0 aliphatic carbocycles. The van der Waals surface area contributed by atoms with Gasteiger partial charge in [0.15, 0.2) is 0 Å². The molecule has 0 radical (unpaired) electrons. The second-order valence-corrected chi connectivity index (χ2v) is 8.83. The zero-order chi connectivity index (χ0) is 17.5. The van der Waals surface area contributed by atoms with Crippen LogP contribution in [0.4, 0.5) is 4.79 Å². The summed E-state index contributed by atoms with van der Waals surface area (Å²) < 4.78 is 27.8. The van der Waals surface area contributed by atoms with Gasteiger partial charge in [-0.3, -0.25) is 0 Å².